The predicted octanol–water partition coefficient (Wildman–Crippen LogP) is 10.8. The molecule has 2 rings (SSSR count). The monoisotopic (exact) mass is 623 g/mol. The van der Waals surface area contributed by atoms with Crippen molar-refractivity contribution in [1.82, 2.24) is 0 Å². The summed E-state index contributed by atoms with van der Waals surface area (Å²) in [4.78, 5) is 12.9. The quantitative estimate of drug-likeness (QED) is 0.0869. The summed E-state index contributed by atoms with van der Waals surface area (Å²) in [5.41, 5.74) is 8.76. The molecule has 39 heavy (non-hydrogen) atoms. The van der Waals surface area contributed by atoms with Crippen LogP contribution < -0.4 is 4.90 Å². The number of benzene rings is 2. The summed E-state index contributed by atoms with van der Waals surface area (Å²) in [6, 6.07) is 15.7. The Labute approximate surface area is 254 Å². The summed E-state index contributed by atoms with van der Waals surface area (Å²) in [6.45, 7) is 15.6. The zero-order valence-corrected chi connectivity index (χ0v) is 27.4. The van der Waals surface area contributed by atoms with Crippen LogP contribution in [-0.2, 0) is 33.3 Å². The molecule has 0 fully saturated rings. The van der Waals surface area contributed by atoms with Crippen LogP contribution in [0.25, 0.3) is 0 Å². The summed E-state index contributed by atoms with van der Waals surface area (Å²) in [6.07, 6.45) is 15.2. The molecule has 0 heterocycles. The van der Waals surface area contributed by atoms with Gasteiger partial charge in [-0.05, 0) is 113 Å². The minimum Gasteiger partial charge on any atom is -0.372 e. The number of anilines is 1. The number of hydrogen-bond acceptors (Lipinski definition) is 3. The van der Waals surface area contributed by atoms with Crippen LogP contribution >= 0.6 is 0 Å². The first-order valence-corrected chi connectivity index (χ1v) is 15.7. The Balaban J connectivity index is 0.00000760. The molecular formula is C35H55N3Pd+2. The Morgan fingerprint density at radius 3 is 1.64 bits per heavy atom. The molecule has 218 valence electrons. The summed E-state index contributed by atoms with van der Waals surface area (Å²) in [7, 11) is 0. The number of rotatable bonds is 19. The number of nitrogens with zero attached hydrogens (tertiary/aromatic N) is 3. The van der Waals surface area contributed by atoms with Crippen LogP contribution in [0.5, 0.6) is 0 Å². The molecule has 0 aliphatic rings. The molecule has 0 bridgehead atoms. The van der Waals surface area contributed by atoms with Crippen LogP contribution in [-0.4, -0.2) is 24.5 Å². The maximum Gasteiger partial charge on any atom is 2.00 e. The molecule has 2 aromatic carbocycles. The third kappa shape index (κ3) is 12.5. The van der Waals surface area contributed by atoms with Crippen molar-refractivity contribution in [3.8, 4) is 0 Å². The zero-order chi connectivity index (χ0) is 27.6. The van der Waals surface area contributed by atoms with E-state index in [1.807, 2.05) is 0 Å². The predicted molar refractivity (Wildman–Crippen MR) is 172 cm³/mol. The third-order valence-electron chi connectivity index (χ3n) is 7.41. The van der Waals surface area contributed by atoms with Gasteiger partial charge in [0.05, 0.1) is 22.8 Å². The Hall–Kier alpha value is -1.76. The van der Waals surface area contributed by atoms with E-state index in [-0.39, 0.29) is 20.4 Å². The fourth-order valence-corrected chi connectivity index (χ4v) is 4.95. The van der Waals surface area contributed by atoms with Gasteiger partial charge >= 0.3 is 20.4 Å². The number of aryl methyl sites for hydroxylation is 2. The van der Waals surface area contributed by atoms with Crippen molar-refractivity contribution >= 4 is 28.5 Å². The van der Waals surface area contributed by atoms with E-state index in [0.29, 0.717) is 0 Å². The summed E-state index contributed by atoms with van der Waals surface area (Å²) in [5, 5.41) is 0. The van der Waals surface area contributed by atoms with Gasteiger partial charge in [-0.2, -0.15) is 0 Å². The smallest absolute Gasteiger partial charge is 0.372 e. The van der Waals surface area contributed by atoms with Crippen LogP contribution in [0.1, 0.15) is 123 Å². The zero-order valence-electron chi connectivity index (χ0n) is 25.8. The molecule has 0 atom stereocenters. The minimum atomic E-state index is 0. The van der Waals surface area contributed by atoms with Crippen molar-refractivity contribution in [1.29, 1.82) is 0 Å². The fourth-order valence-electron chi connectivity index (χ4n) is 4.95. The van der Waals surface area contributed by atoms with Gasteiger partial charge in [-0.25, -0.2) is 0 Å². The summed E-state index contributed by atoms with van der Waals surface area (Å²) >= 11 is 0. The van der Waals surface area contributed by atoms with Gasteiger partial charge in [-0.3, -0.25) is 9.98 Å². The SMILES string of the molecule is CCCCCC(=Nc1ccc(N(CC)CC)cc1)C(CCCC)=Nc1ccc(CCCC)c(CCCC)c1.[Pd+2]. The first-order chi connectivity index (χ1) is 18.6. The minimum absolute atomic E-state index is 0. The Bertz CT molecular complexity index is 974. The van der Waals surface area contributed by atoms with Gasteiger partial charge in [0.2, 0.25) is 0 Å². The molecule has 0 aliphatic heterocycles. The topological polar surface area (TPSA) is 28.0 Å². The van der Waals surface area contributed by atoms with Crippen LogP contribution in [0.4, 0.5) is 17.1 Å². The largest absolute Gasteiger partial charge is 2.00 e. The maximum absolute atomic E-state index is 5.31. The second kappa shape index (κ2) is 21.1. The van der Waals surface area contributed by atoms with Gasteiger partial charge in [0.1, 0.15) is 0 Å². The van der Waals surface area contributed by atoms with Gasteiger partial charge in [-0.1, -0.05) is 65.9 Å². The summed E-state index contributed by atoms with van der Waals surface area (Å²) < 4.78 is 0. The first-order valence-electron chi connectivity index (χ1n) is 15.7. The van der Waals surface area contributed by atoms with Gasteiger partial charge in [0.25, 0.3) is 0 Å². The second-order valence-electron chi connectivity index (χ2n) is 10.5. The van der Waals surface area contributed by atoms with Gasteiger partial charge < -0.3 is 4.90 Å². The van der Waals surface area contributed by atoms with E-state index in [4.69, 9.17) is 9.98 Å². The Morgan fingerprint density at radius 2 is 1.08 bits per heavy atom. The summed E-state index contributed by atoms with van der Waals surface area (Å²) in [5.74, 6) is 0. The molecule has 0 unspecified atom stereocenters. The maximum atomic E-state index is 5.31. The standard InChI is InChI=1S/C35H55N3.Pd/c1-7-13-17-21-35(36-31-24-26-33(27-25-31)38(11-5)12-6)34(20-16-10-4)37-32-23-22-29(18-14-8-2)30(28-32)19-15-9-3;/h22-28H,7-21H2,1-6H3;/q;+2. The van der Waals surface area contributed by atoms with Crippen LogP contribution in [0.3, 0.4) is 0 Å². The Morgan fingerprint density at radius 1 is 0.564 bits per heavy atom. The molecule has 0 aromatic heterocycles. The van der Waals surface area contributed by atoms with Crippen LogP contribution in [0.15, 0.2) is 52.4 Å². The molecule has 0 spiro atoms. The van der Waals surface area contributed by atoms with E-state index >= 15 is 0 Å². The number of aliphatic imine (C=N–C) groups is 2. The molecule has 0 aliphatic carbocycles. The van der Waals surface area contributed by atoms with Crippen molar-refractivity contribution in [2.45, 2.75) is 125 Å². The van der Waals surface area contributed by atoms with E-state index in [0.717, 1.165) is 63.0 Å². The molecule has 0 radical (unpaired) electrons. The van der Waals surface area contributed by atoms with Crippen molar-refractivity contribution < 1.29 is 20.4 Å². The van der Waals surface area contributed by atoms with Crippen LogP contribution in [0, 0.1) is 0 Å². The molecule has 0 amide bonds. The normalized spacial score (nSPS) is 11.9. The average Bonchev–Trinajstić information content (AvgIpc) is 2.94. The van der Waals surface area contributed by atoms with Gasteiger partial charge in [0.15, 0.2) is 0 Å². The molecule has 2 aromatic rings. The Kier molecular flexibility index (Phi) is 19.0. The fraction of sp³-hybridized carbons (Fsp3) is 0.600. The van der Waals surface area contributed by atoms with E-state index in [1.54, 1.807) is 0 Å². The molecule has 0 saturated heterocycles. The molecule has 0 N–H and O–H groups in total. The average molecular weight is 624 g/mol. The molecular weight excluding hydrogens is 569 g/mol. The first kappa shape index (κ1) is 35.3. The molecule has 4 heteroatoms. The van der Waals surface area contributed by atoms with Crippen LogP contribution in [0.2, 0.25) is 0 Å². The van der Waals surface area contributed by atoms with Crippen molar-refractivity contribution in [2.75, 3.05) is 18.0 Å². The third-order valence-corrected chi connectivity index (χ3v) is 7.41. The van der Waals surface area contributed by atoms with E-state index in [2.05, 4.69) is 88.9 Å². The second-order valence-corrected chi connectivity index (χ2v) is 10.5. The van der Waals surface area contributed by atoms with Gasteiger partial charge in [-0.15, -0.1) is 0 Å². The van der Waals surface area contributed by atoms with Crippen molar-refractivity contribution in [3.63, 3.8) is 0 Å². The van der Waals surface area contributed by atoms with Crippen molar-refractivity contribution in [3.05, 3.63) is 53.6 Å². The van der Waals surface area contributed by atoms with Crippen molar-refractivity contribution in [2.24, 2.45) is 9.98 Å². The molecule has 0 saturated carbocycles. The number of hydrogen-bond donors (Lipinski definition) is 0. The molecule has 3 nitrogen and oxygen atoms in total. The van der Waals surface area contributed by atoms with E-state index < -0.39 is 0 Å². The number of unbranched alkanes of at least 4 members (excludes halogenated alkanes) is 5. The van der Waals surface area contributed by atoms with E-state index in [9.17, 15) is 0 Å². The van der Waals surface area contributed by atoms with E-state index in [1.165, 1.54) is 73.2 Å². The van der Waals surface area contributed by atoms with Gasteiger partial charge in [0, 0.05) is 18.8 Å².